The fraction of sp³-hybridized carbons (Fsp3) is 0.194. The molecule has 1 fully saturated rings. The molecule has 1 amide bonds. The van der Waals surface area contributed by atoms with E-state index in [1.807, 2.05) is 60.0 Å². The predicted molar refractivity (Wildman–Crippen MR) is 158 cm³/mol. The quantitative estimate of drug-likeness (QED) is 0.156. The lowest BCUT2D eigenvalue weighted by Gasteiger charge is -2.23. The van der Waals surface area contributed by atoms with Gasteiger partial charge in [0.15, 0.2) is 17.3 Å². The number of aromatic nitrogens is 4. The van der Waals surface area contributed by atoms with Gasteiger partial charge in [-0.25, -0.2) is 4.98 Å². The zero-order valence-electron chi connectivity index (χ0n) is 23.4. The number of aliphatic hydroxyl groups excluding tert-OH is 1. The number of methoxy groups -OCH3 is 1. The van der Waals surface area contributed by atoms with Crippen molar-refractivity contribution in [1.29, 1.82) is 0 Å². The van der Waals surface area contributed by atoms with Gasteiger partial charge < -0.3 is 19.0 Å². The summed E-state index contributed by atoms with van der Waals surface area (Å²) < 4.78 is 13.5. The van der Waals surface area contributed by atoms with Crippen molar-refractivity contribution in [2.75, 3.05) is 12.0 Å². The number of benzene rings is 2. The maximum atomic E-state index is 13.6. The van der Waals surface area contributed by atoms with Crippen LogP contribution in [0.3, 0.4) is 0 Å². The molecule has 0 saturated carbocycles. The van der Waals surface area contributed by atoms with E-state index < -0.39 is 17.7 Å². The molecule has 2 aromatic carbocycles. The van der Waals surface area contributed by atoms with Gasteiger partial charge in [-0.15, -0.1) is 10.2 Å². The van der Waals surface area contributed by atoms with Crippen LogP contribution in [0.5, 0.6) is 11.5 Å². The Labute approximate surface area is 245 Å². The van der Waals surface area contributed by atoms with E-state index in [1.54, 1.807) is 32.0 Å². The topological polar surface area (TPSA) is 119 Å². The van der Waals surface area contributed by atoms with Gasteiger partial charge in [-0.05, 0) is 55.7 Å². The van der Waals surface area contributed by atoms with Gasteiger partial charge in [-0.2, -0.15) is 0 Å². The molecule has 0 aliphatic carbocycles. The Balaban J connectivity index is 1.49. The highest BCUT2D eigenvalue weighted by molar-refractivity contribution is 7.15. The summed E-state index contributed by atoms with van der Waals surface area (Å²) in [6.07, 6.45) is 1.83. The minimum atomic E-state index is -1.01. The molecule has 0 radical (unpaired) electrons. The average Bonchev–Trinajstić information content (AvgIpc) is 3.66. The minimum absolute atomic E-state index is 0.1000. The molecular formula is C31H27N5O5S. The number of ketones is 1. The average molecular weight is 582 g/mol. The number of ether oxygens (including phenoxy) is 2. The van der Waals surface area contributed by atoms with Crippen LogP contribution in [0.1, 0.15) is 39.1 Å². The molecule has 1 aliphatic rings. The Bertz CT molecular complexity index is 1880. The second kappa shape index (κ2) is 10.7. The Morgan fingerprint density at radius 3 is 2.48 bits per heavy atom. The predicted octanol–water partition coefficient (Wildman–Crippen LogP) is 5.32. The highest BCUT2D eigenvalue weighted by Crippen LogP contribution is 2.45. The van der Waals surface area contributed by atoms with Crippen molar-refractivity contribution in [1.82, 2.24) is 19.6 Å². The van der Waals surface area contributed by atoms with Crippen LogP contribution in [0.4, 0.5) is 5.13 Å². The number of rotatable bonds is 7. The van der Waals surface area contributed by atoms with Gasteiger partial charge in [0.2, 0.25) is 5.13 Å². The molecule has 42 heavy (non-hydrogen) atoms. The summed E-state index contributed by atoms with van der Waals surface area (Å²) in [4.78, 5) is 33.1. The second-order valence-corrected chi connectivity index (χ2v) is 11.0. The lowest BCUT2D eigenvalue weighted by molar-refractivity contribution is -0.132. The number of imidazole rings is 1. The number of pyridine rings is 1. The maximum absolute atomic E-state index is 13.6. The number of anilines is 1. The Morgan fingerprint density at radius 1 is 1.00 bits per heavy atom. The molecule has 1 N–H and O–H groups in total. The number of aliphatic hydroxyl groups is 1. The van der Waals surface area contributed by atoms with Gasteiger partial charge in [0.25, 0.3) is 5.78 Å². The molecule has 6 rings (SSSR count). The molecule has 1 aliphatic heterocycles. The van der Waals surface area contributed by atoms with E-state index >= 15 is 0 Å². The summed E-state index contributed by atoms with van der Waals surface area (Å²) in [6, 6.07) is 17.7. The molecule has 5 aromatic rings. The molecule has 0 spiro atoms. The first-order valence-electron chi connectivity index (χ1n) is 13.2. The molecular weight excluding hydrogens is 554 g/mol. The molecule has 4 heterocycles. The first kappa shape index (κ1) is 27.2. The first-order valence-corrected chi connectivity index (χ1v) is 14.0. The fourth-order valence-corrected chi connectivity index (χ4v) is 5.83. The van der Waals surface area contributed by atoms with E-state index in [4.69, 9.17) is 9.47 Å². The fourth-order valence-electron chi connectivity index (χ4n) is 5.11. The van der Waals surface area contributed by atoms with Crippen LogP contribution in [0, 0.1) is 20.8 Å². The lowest BCUT2D eigenvalue weighted by atomic mass is 9.96. The van der Waals surface area contributed by atoms with E-state index in [0.717, 1.165) is 11.1 Å². The molecule has 1 atom stereocenters. The number of fused-ring (bicyclic) bond motifs is 1. The Morgan fingerprint density at radius 2 is 1.79 bits per heavy atom. The summed E-state index contributed by atoms with van der Waals surface area (Å²) in [5.74, 6) is -1.14. The summed E-state index contributed by atoms with van der Waals surface area (Å²) in [5, 5.41) is 20.8. The van der Waals surface area contributed by atoms with Crippen molar-refractivity contribution in [2.24, 2.45) is 0 Å². The molecule has 1 unspecified atom stereocenters. The highest BCUT2D eigenvalue weighted by Gasteiger charge is 2.49. The molecule has 212 valence electrons. The molecule has 1 saturated heterocycles. The molecule has 11 heteroatoms. The normalized spacial score (nSPS) is 16.4. The van der Waals surface area contributed by atoms with E-state index in [0.29, 0.717) is 40.0 Å². The first-order chi connectivity index (χ1) is 20.3. The minimum Gasteiger partial charge on any atom is -0.505 e. The van der Waals surface area contributed by atoms with E-state index in [2.05, 4.69) is 15.2 Å². The van der Waals surface area contributed by atoms with E-state index in [-0.39, 0.29) is 22.2 Å². The number of nitrogens with zero attached hydrogens (tertiary/aromatic N) is 5. The number of carbonyl (C=O) groups is 2. The number of hydrogen-bond acceptors (Lipinski definition) is 9. The van der Waals surface area contributed by atoms with Gasteiger partial charge in [0.05, 0.1) is 24.4 Å². The third-order valence-corrected chi connectivity index (χ3v) is 8.05. The second-order valence-electron chi connectivity index (χ2n) is 9.89. The number of carbonyl (C=O) groups excluding carboxylic acids is 2. The van der Waals surface area contributed by atoms with Crippen LogP contribution in [0.25, 0.3) is 11.4 Å². The van der Waals surface area contributed by atoms with Crippen molar-refractivity contribution in [3.05, 3.63) is 106 Å². The van der Waals surface area contributed by atoms with Crippen LogP contribution in [-0.4, -0.2) is 43.5 Å². The summed E-state index contributed by atoms with van der Waals surface area (Å²) in [5.41, 5.74) is 3.80. The summed E-state index contributed by atoms with van der Waals surface area (Å²) in [7, 11) is 1.52. The van der Waals surface area contributed by atoms with E-state index in [9.17, 15) is 14.7 Å². The van der Waals surface area contributed by atoms with Gasteiger partial charge in [0.1, 0.15) is 23.0 Å². The third-order valence-electron chi connectivity index (χ3n) is 7.21. The maximum Gasteiger partial charge on any atom is 0.301 e. The Hall–Kier alpha value is -5.03. The van der Waals surface area contributed by atoms with Crippen LogP contribution >= 0.6 is 11.3 Å². The van der Waals surface area contributed by atoms with E-state index in [1.165, 1.54) is 23.3 Å². The molecule has 3 aromatic heterocycles. The van der Waals surface area contributed by atoms with Crippen LogP contribution in [-0.2, 0) is 16.2 Å². The summed E-state index contributed by atoms with van der Waals surface area (Å²) in [6.45, 7) is 5.80. The zero-order chi connectivity index (χ0) is 29.5. The van der Waals surface area contributed by atoms with Crippen LogP contribution in [0.15, 0.2) is 72.4 Å². The molecule has 10 nitrogen and oxygen atoms in total. The number of hydrogen-bond donors (Lipinski definition) is 1. The van der Waals surface area contributed by atoms with Crippen LogP contribution in [0.2, 0.25) is 0 Å². The number of aryl methyl sites for hydroxylation is 3. The Kier molecular flexibility index (Phi) is 6.95. The zero-order valence-corrected chi connectivity index (χ0v) is 24.2. The van der Waals surface area contributed by atoms with Crippen molar-refractivity contribution in [3.63, 3.8) is 0 Å². The lowest BCUT2D eigenvalue weighted by Crippen LogP contribution is -2.29. The van der Waals surface area contributed by atoms with Crippen molar-refractivity contribution >= 4 is 39.6 Å². The smallest absolute Gasteiger partial charge is 0.301 e. The molecule has 0 bridgehead atoms. The highest BCUT2D eigenvalue weighted by atomic mass is 32.1. The van der Waals surface area contributed by atoms with Crippen LogP contribution < -0.4 is 14.4 Å². The summed E-state index contributed by atoms with van der Waals surface area (Å²) >= 11 is 1.18. The number of amides is 1. The van der Waals surface area contributed by atoms with Crippen molar-refractivity contribution < 1.29 is 24.2 Å². The van der Waals surface area contributed by atoms with Gasteiger partial charge >= 0.3 is 5.91 Å². The number of Topliss-reactive ketones (excluding diaryl/α,β-unsaturated/α-hetero) is 1. The van der Waals surface area contributed by atoms with Gasteiger partial charge in [0, 0.05) is 6.20 Å². The SMILES string of the molecule is COc1cc(C2C(=C(O)c3nc4c(C)cccn4c3C)C(=O)C(=O)N2c2nnc(C)s2)ccc1OCc1ccccc1. The van der Waals surface area contributed by atoms with Gasteiger partial charge in [-0.3, -0.25) is 14.5 Å². The van der Waals surface area contributed by atoms with Gasteiger partial charge in [-0.1, -0.05) is 53.8 Å². The third kappa shape index (κ3) is 4.57. The van der Waals surface area contributed by atoms with Crippen molar-refractivity contribution in [2.45, 2.75) is 33.4 Å². The monoisotopic (exact) mass is 581 g/mol. The largest absolute Gasteiger partial charge is 0.505 e. The van der Waals surface area contributed by atoms with Crippen molar-refractivity contribution in [3.8, 4) is 11.5 Å². The standard InChI is InChI=1S/C31H27N5O5S/c1-17-9-8-14-35-18(2)25(32-29(17)35)27(37)24-26(36(30(39)28(24)38)31-34-33-19(3)42-31)21-12-13-22(23(15-21)40-4)41-16-20-10-6-5-7-11-20/h5-15,26,37H,16H2,1-4H3.